The van der Waals surface area contributed by atoms with Crippen molar-refractivity contribution in [3.05, 3.63) is 23.8 Å². The van der Waals surface area contributed by atoms with Gasteiger partial charge in [-0.3, -0.25) is 19.3 Å². The van der Waals surface area contributed by atoms with Crippen LogP contribution in [0.25, 0.3) is 0 Å². The van der Waals surface area contributed by atoms with Crippen molar-refractivity contribution in [2.75, 3.05) is 37.7 Å². The fourth-order valence-electron chi connectivity index (χ4n) is 3.33. The number of amides is 3. The summed E-state index contributed by atoms with van der Waals surface area (Å²) in [5.41, 5.74) is -0.670. The van der Waals surface area contributed by atoms with Crippen molar-refractivity contribution in [2.45, 2.75) is 45.8 Å². The number of ether oxygens (including phenoxy) is 2. The summed E-state index contributed by atoms with van der Waals surface area (Å²) in [5.74, 6) is -0.261. The standard InChI is InChI=1S/C21H29N3O5/c1-20(2,3)22-18(26)14-6-7-16-15(12-14)24(19(27)21(4,5)29-16)13-17(25)23-8-10-28-11-9-23/h6-7,12H,8-11,13H2,1-5H3,(H,22,26). The molecule has 1 fully saturated rings. The first kappa shape index (κ1) is 21.1. The Morgan fingerprint density at radius 3 is 2.45 bits per heavy atom. The lowest BCUT2D eigenvalue weighted by Crippen LogP contribution is -2.56. The molecular formula is C21H29N3O5. The van der Waals surface area contributed by atoms with Gasteiger partial charge in [0.25, 0.3) is 11.8 Å². The highest BCUT2D eigenvalue weighted by Crippen LogP contribution is 2.38. The quantitative estimate of drug-likeness (QED) is 0.828. The Hall–Kier alpha value is -2.61. The van der Waals surface area contributed by atoms with Crippen LogP contribution in [0, 0.1) is 0 Å². The van der Waals surface area contributed by atoms with E-state index in [2.05, 4.69) is 5.32 Å². The molecule has 8 nitrogen and oxygen atoms in total. The van der Waals surface area contributed by atoms with Gasteiger partial charge in [-0.1, -0.05) is 0 Å². The van der Waals surface area contributed by atoms with E-state index < -0.39 is 11.1 Å². The summed E-state index contributed by atoms with van der Waals surface area (Å²) < 4.78 is 11.1. The van der Waals surface area contributed by atoms with Crippen molar-refractivity contribution >= 4 is 23.4 Å². The molecule has 3 rings (SSSR count). The summed E-state index contributed by atoms with van der Waals surface area (Å²) in [7, 11) is 0. The predicted molar refractivity (Wildman–Crippen MR) is 108 cm³/mol. The van der Waals surface area contributed by atoms with Crippen LogP contribution in [0.1, 0.15) is 45.0 Å². The van der Waals surface area contributed by atoms with Gasteiger partial charge in [0.15, 0.2) is 5.60 Å². The number of carbonyl (C=O) groups excluding carboxylic acids is 3. The number of hydrogen-bond donors (Lipinski definition) is 1. The number of carbonyl (C=O) groups is 3. The van der Waals surface area contributed by atoms with Crippen molar-refractivity contribution in [2.24, 2.45) is 0 Å². The first-order chi connectivity index (χ1) is 13.5. The lowest BCUT2D eigenvalue weighted by molar-refractivity contribution is -0.138. The Bertz CT molecular complexity index is 822. The van der Waals surface area contributed by atoms with Gasteiger partial charge in [-0.25, -0.2) is 0 Å². The number of nitrogens with one attached hydrogen (secondary N) is 1. The van der Waals surface area contributed by atoms with E-state index in [1.165, 1.54) is 4.90 Å². The molecule has 1 aromatic rings. The second-order valence-corrected chi connectivity index (χ2v) is 8.88. The van der Waals surface area contributed by atoms with Crippen LogP contribution in [0.15, 0.2) is 18.2 Å². The van der Waals surface area contributed by atoms with Gasteiger partial charge in [-0.05, 0) is 52.8 Å². The number of hydrogen-bond acceptors (Lipinski definition) is 5. The van der Waals surface area contributed by atoms with E-state index >= 15 is 0 Å². The highest BCUT2D eigenvalue weighted by atomic mass is 16.5. The maximum Gasteiger partial charge on any atom is 0.271 e. The second-order valence-electron chi connectivity index (χ2n) is 8.88. The smallest absolute Gasteiger partial charge is 0.271 e. The fraction of sp³-hybridized carbons (Fsp3) is 0.571. The summed E-state index contributed by atoms with van der Waals surface area (Å²) in [6.45, 7) is 10.9. The average molecular weight is 403 g/mol. The number of fused-ring (bicyclic) bond motifs is 1. The van der Waals surface area contributed by atoms with Crippen molar-refractivity contribution in [1.29, 1.82) is 0 Å². The highest BCUT2D eigenvalue weighted by molar-refractivity contribution is 6.07. The van der Waals surface area contributed by atoms with E-state index in [0.717, 1.165) is 0 Å². The minimum absolute atomic E-state index is 0.108. The summed E-state index contributed by atoms with van der Waals surface area (Å²) >= 11 is 0. The monoisotopic (exact) mass is 403 g/mol. The Labute approximate surface area is 171 Å². The molecule has 2 aliphatic rings. The molecule has 0 radical (unpaired) electrons. The maximum atomic E-state index is 13.0. The molecular weight excluding hydrogens is 374 g/mol. The highest BCUT2D eigenvalue weighted by Gasteiger charge is 2.42. The van der Waals surface area contributed by atoms with Crippen LogP contribution in [0.4, 0.5) is 5.69 Å². The van der Waals surface area contributed by atoms with Crippen LogP contribution in [-0.2, 0) is 14.3 Å². The van der Waals surface area contributed by atoms with Gasteiger partial charge in [0.2, 0.25) is 5.91 Å². The van der Waals surface area contributed by atoms with Gasteiger partial charge >= 0.3 is 0 Å². The lowest BCUT2D eigenvalue weighted by atomic mass is 10.0. The van der Waals surface area contributed by atoms with Gasteiger partial charge in [0, 0.05) is 24.2 Å². The van der Waals surface area contributed by atoms with E-state index in [-0.39, 0.29) is 24.3 Å². The summed E-state index contributed by atoms with van der Waals surface area (Å²) in [4.78, 5) is 41.5. The van der Waals surface area contributed by atoms with Gasteiger partial charge in [0.1, 0.15) is 12.3 Å². The van der Waals surface area contributed by atoms with E-state index in [0.29, 0.717) is 43.3 Å². The van der Waals surface area contributed by atoms with E-state index in [1.54, 1.807) is 36.9 Å². The molecule has 29 heavy (non-hydrogen) atoms. The Kier molecular flexibility index (Phi) is 5.58. The van der Waals surface area contributed by atoms with Gasteiger partial charge in [-0.2, -0.15) is 0 Å². The molecule has 0 saturated carbocycles. The molecule has 3 amide bonds. The first-order valence-electron chi connectivity index (χ1n) is 9.81. The molecule has 0 aromatic heterocycles. The Morgan fingerprint density at radius 2 is 1.83 bits per heavy atom. The minimum Gasteiger partial charge on any atom is -0.476 e. The predicted octanol–water partition coefficient (Wildman–Crippen LogP) is 1.58. The van der Waals surface area contributed by atoms with Crippen molar-refractivity contribution in [1.82, 2.24) is 10.2 Å². The van der Waals surface area contributed by atoms with Crippen LogP contribution < -0.4 is 15.0 Å². The zero-order valence-corrected chi connectivity index (χ0v) is 17.7. The van der Waals surface area contributed by atoms with Gasteiger partial charge in [0.05, 0.1) is 18.9 Å². The molecule has 1 N–H and O–H groups in total. The third-order valence-electron chi connectivity index (χ3n) is 4.78. The molecule has 0 spiro atoms. The number of benzene rings is 1. The molecule has 0 bridgehead atoms. The van der Waals surface area contributed by atoms with Crippen LogP contribution in [0.5, 0.6) is 5.75 Å². The lowest BCUT2D eigenvalue weighted by Gasteiger charge is -2.39. The van der Waals surface area contributed by atoms with Crippen LogP contribution in [0.3, 0.4) is 0 Å². The third kappa shape index (κ3) is 4.70. The number of rotatable bonds is 3. The van der Waals surface area contributed by atoms with E-state index in [9.17, 15) is 14.4 Å². The average Bonchev–Trinajstić information content (AvgIpc) is 2.64. The molecule has 8 heteroatoms. The van der Waals surface area contributed by atoms with Crippen LogP contribution >= 0.6 is 0 Å². The van der Waals surface area contributed by atoms with Crippen LogP contribution in [-0.4, -0.2) is 66.6 Å². The topological polar surface area (TPSA) is 88.2 Å². The normalized spacial score (nSPS) is 18.7. The summed E-state index contributed by atoms with van der Waals surface area (Å²) in [6.07, 6.45) is 0. The number of anilines is 1. The molecule has 158 valence electrons. The fourth-order valence-corrected chi connectivity index (χ4v) is 3.33. The summed E-state index contributed by atoms with van der Waals surface area (Å²) in [5, 5.41) is 2.90. The van der Waals surface area contributed by atoms with Crippen molar-refractivity contribution in [3.8, 4) is 5.75 Å². The SMILES string of the molecule is CC(C)(C)NC(=O)c1ccc2c(c1)N(CC(=O)N1CCOCC1)C(=O)C(C)(C)O2. The number of nitrogens with zero attached hydrogens (tertiary/aromatic N) is 2. The van der Waals surface area contributed by atoms with Gasteiger partial charge in [-0.15, -0.1) is 0 Å². The maximum absolute atomic E-state index is 13.0. The largest absolute Gasteiger partial charge is 0.476 e. The summed E-state index contributed by atoms with van der Waals surface area (Å²) in [6, 6.07) is 4.94. The third-order valence-corrected chi connectivity index (χ3v) is 4.78. The molecule has 1 aromatic carbocycles. The molecule has 0 unspecified atom stereocenters. The minimum atomic E-state index is -1.10. The zero-order chi connectivity index (χ0) is 21.4. The molecule has 1 saturated heterocycles. The molecule has 2 aliphatic heterocycles. The van der Waals surface area contributed by atoms with E-state index in [4.69, 9.17) is 9.47 Å². The molecule has 0 atom stereocenters. The van der Waals surface area contributed by atoms with Crippen LogP contribution in [0.2, 0.25) is 0 Å². The molecule has 0 aliphatic carbocycles. The Balaban J connectivity index is 1.91. The number of morpholine rings is 1. The van der Waals surface area contributed by atoms with Crippen molar-refractivity contribution in [3.63, 3.8) is 0 Å². The zero-order valence-electron chi connectivity index (χ0n) is 17.7. The van der Waals surface area contributed by atoms with E-state index in [1.807, 2.05) is 20.8 Å². The van der Waals surface area contributed by atoms with Crippen molar-refractivity contribution < 1.29 is 23.9 Å². The van der Waals surface area contributed by atoms with Gasteiger partial charge < -0.3 is 19.7 Å². The Morgan fingerprint density at radius 1 is 1.17 bits per heavy atom. The first-order valence-corrected chi connectivity index (χ1v) is 9.81. The second kappa shape index (κ2) is 7.67. The molecule has 2 heterocycles.